The molecule has 1 atom stereocenters. The monoisotopic (exact) mass is 349 g/mol. The minimum Gasteiger partial charge on any atom is -0.330 e. The van der Waals surface area contributed by atoms with E-state index in [9.17, 15) is 4.79 Å². The summed E-state index contributed by atoms with van der Waals surface area (Å²) in [5.74, 6) is 0.154. The van der Waals surface area contributed by atoms with Crippen LogP contribution in [0.1, 0.15) is 58.0 Å². The predicted molar refractivity (Wildman–Crippen MR) is 103 cm³/mol. The largest absolute Gasteiger partial charge is 0.330 e. The number of rotatable bonds is 4. The van der Waals surface area contributed by atoms with Gasteiger partial charge in [0.1, 0.15) is 0 Å². The van der Waals surface area contributed by atoms with Crippen LogP contribution in [0, 0.1) is 0 Å². The van der Waals surface area contributed by atoms with Gasteiger partial charge in [-0.05, 0) is 81.1 Å². The lowest BCUT2D eigenvalue weighted by molar-refractivity contribution is 0.0733. The average molecular weight is 349 g/mol. The van der Waals surface area contributed by atoms with E-state index in [0.717, 1.165) is 50.0 Å². The van der Waals surface area contributed by atoms with Gasteiger partial charge >= 0.3 is 0 Å². The van der Waals surface area contributed by atoms with E-state index < -0.39 is 0 Å². The van der Waals surface area contributed by atoms with Crippen molar-refractivity contribution in [2.24, 2.45) is 0 Å². The molecule has 1 fully saturated rings. The van der Waals surface area contributed by atoms with Crippen LogP contribution in [0.4, 0.5) is 0 Å². The van der Waals surface area contributed by atoms with E-state index in [4.69, 9.17) is 0 Å². The summed E-state index contributed by atoms with van der Waals surface area (Å²) in [5.41, 5.74) is 5.82. The van der Waals surface area contributed by atoms with Gasteiger partial charge in [0, 0.05) is 24.8 Å². The van der Waals surface area contributed by atoms with Crippen molar-refractivity contribution < 1.29 is 4.79 Å². The highest BCUT2D eigenvalue weighted by Crippen LogP contribution is 2.33. The summed E-state index contributed by atoms with van der Waals surface area (Å²) in [6, 6.07) is 10.6. The Morgan fingerprint density at radius 1 is 1.15 bits per heavy atom. The van der Waals surface area contributed by atoms with E-state index in [0.29, 0.717) is 0 Å². The molecule has 136 valence electrons. The van der Waals surface area contributed by atoms with Gasteiger partial charge in [0.05, 0.1) is 11.7 Å². The predicted octanol–water partition coefficient (Wildman–Crippen LogP) is 3.61. The minimum atomic E-state index is 0.101. The van der Waals surface area contributed by atoms with Crippen LogP contribution in [0.25, 0.3) is 0 Å². The molecule has 1 saturated heterocycles. The Kier molecular flexibility index (Phi) is 4.77. The number of amides is 1. The van der Waals surface area contributed by atoms with Crippen molar-refractivity contribution in [1.29, 1.82) is 0 Å². The normalized spacial score (nSPS) is 19.2. The van der Waals surface area contributed by atoms with E-state index >= 15 is 0 Å². The molecule has 1 aromatic carbocycles. The van der Waals surface area contributed by atoms with Gasteiger partial charge in [-0.1, -0.05) is 12.1 Å². The molecule has 2 aromatic rings. The van der Waals surface area contributed by atoms with Crippen LogP contribution in [-0.4, -0.2) is 41.3 Å². The Balaban J connectivity index is 1.53. The summed E-state index contributed by atoms with van der Waals surface area (Å²) >= 11 is 0. The maximum absolute atomic E-state index is 13.1. The number of hydrogen-bond acceptors (Lipinski definition) is 3. The molecule has 1 unspecified atom stereocenters. The van der Waals surface area contributed by atoms with Gasteiger partial charge in [0.25, 0.3) is 5.91 Å². The Hall–Kier alpha value is -2.20. The summed E-state index contributed by atoms with van der Waals surface area (Å²) < 4.78 is 0. The Morgan fingerprint density at radius 3 is 2.77 bits per heavy atom. The summed E-state index contributed by atoms with van der Waals surface area (Å²) in [4.78, 5) is 22.0. The maximum Gasteiger partial charge on any atom is 0.254 e. The van der Waals surface area contributed by atoms with Crippen LogP contribution < -0.4 is 0 Å². The molecule has 0 saturated carbocycles. The van der Waals surface area contributed by atoms with Gasteiger partial charge in [-0.15, -0.1) is 0 Å². The lowest BCUT2D eigenvalue weighted by atomic mass is 10.0. The van der Waals surface area contributed by atoms with Crippen LogP contribution in [-0.2, 0) is 19.4 Å². The first-order valence-electron chi connectivity index (χ1n) is 9.64. The van der Waals surface area contributed by atoms with Gasteiger partial charge in [0.2, 0.25) is 0 Å². The number of hydrogen-bond donors (Lipinski definition) is 0. The van der Waals surface area contributed by atoms with E-state index in [1.807, 2.05) is 17.2 Å². The standard InChI is InChI=1S/C22H27N3O/c1-24(2)15-16-8-11-20(23-14-16)21-7-4-12-25(21)22(26)19-10-9-17-5-3-6-18(17)13-19/h8-11,13-14,21H,3-7,12,15H2,1-2H3. The molecule has 4 rings (SSSR count). The zero-order chi connectivity index (χ0) is 18.1. The van der Waals surface area contributed by atoms with Crippen molar-refractivity contribution in [2.75, 3.05) is 20.6 Å². The van der Waals surface area contributed by atoms with Crippen LogP contribution in [0.3, 0.4) is 0 Å². The third-order valence-electron chi connectivity index (χ3n) is 5.55. The highest BCUT2D eigenvalue weighted by molar-refractivity contribution is 5.95. The molecule has 1 aromatic heterocycles. The Labute approximate surface area is 155 Å². The van der Waals surface area contributed by atoms with Gasteiger partial charge < -0.3 is 9.80 Å². The van der Waals surface area contributed by atoms with Gasteiger partial charge in [-0.2, -0.15) is 0 Å². The van der Waals surface area contributed by atoms with Crippen LogP contribution in [0.5, 0.6) is 0 Å². The Bertz CT molecular complexity index is 798. The molecule has 0 spiro atoms. The van der Waals surface area contributed by atoms with E-state index in [1.54, 1.807) is 0 Å². The van der Waals surface area contributed by atoms with Crippen molar-refractivity contribution in [3.63, 3.8) is 0 Å². The van der Waals surface area contributed by atoms with Gasteiger partial charge in [-0.3, -0.25) is 9.78 Å². The number of benzene rings is 1. The van der Waals surface area contributed by atoms with Crippen molar-refractivity contribution in [3.8, 4) is 0 Å². The summed E-state index contributed by atoms with van der Waals surface area (Å²) in [7, 11) is 4.11. The molecule has 1 amide bonds. The quantitative estimate of drug-likeness (QED) is 0.846. The van der Waals surface area contributed by atoms with Gasteiger partial charge in [0.15, 0.2) is 0 Å². The number of aryl methyl sites for hydroxylation is 2. The lowest BCUT2D eigenvalue weighted by Crippen LogP contribution is -2.31. The SMILES string of the molecule is CN(C)Cc1ccc(C2CCCN2C(=O)c2ccc3c(c2)CCC3)nc1. The summed E-state index contributed by atoms with van der Waals surface area (Å²) in [6.07, 6.45) is 7.46. The third-order valence-corrected chi connectivity index (χ3v) is 5.55. The Morgan fingerprint density at radius 2 is 2.00 bits per heavy atom. The number of pyridine rings is 1. The third kappa shape index (κ3) is 3.38. The first-order chi connectivity index (χ1) is 12.6. The molecule has 4 nitrogen and oxygen atoms in total. The van der Waals surface area contributed by atoms with Crippen molar-refractivity contribution in [2.45, 2.75) is 44.7 Å². The fraction of sp³-hybridized carbons (Fsp3) is 0.455. The number of nitrogens with zero attached hydrogens (tertiary/aromatic N) is 3. The molecule has 2 heterocycles. The average Bonchev–Trinajstić information content (AvgIpc) is 3.30. The van der Waals surface area contributed by atoms with Crippen LogP contribution in [0.2, 0.25) is 0 Å². The number of likely N-dealkylation sites (tertiary alicyclic amines) is 1. The molecule has 0 bridgehead atoms. The molecular weight excluding hydrogens is 322 g/mol. The van der Waals surface area contributed by atoms with Crippen molar-refractivity contribution in [1.82, 2.24) is 14.8 Å². The number of carbonyl (C=O) groups excluding carboxylic acids is 1. The number of carbonyl (C=O) groups is 1. The minimum absolute atomic E-state index is 0.101. The summed E-state index contributed by atoms with van der Waals surface area (Å²) in [5, 5.41) is 0. The van der Waals surface area contributed by atoms with Crippen LogP contribution >= 0.6 is 0 Å². The zero-order valence-corrected chi connectivity index (χ0v) is 15.7. The lowest BCUT2D eigenvalue weighted by Gasteiger charge is -2.25. The smallest absolute Gasteiger partial charge is 0.254 e. The molecule has 0 radical (unpaired) electrons. The van der Waals surface area contributed by atoms with E-state index in [-0.39, 0.29) is 11.9 Å². The topological polar surface area (TPSA) is 36.4 Å². The highest BCUT2D eigenvalue weighted by Gasteiger charge is 2.31. The zero-order valence-electron chi connectivity index (χ0n) is 15.7. The maximum atomic E-state index is 13.1. The molecule has 0 N–H and O–H groups in total. The molecule has 26 heavy (non-hydrogen) atoms. The number of aromatic nitrogens is 1. The molecule has 4 heteroatoms. The molecule has 2 aliphatic rings. The van der Waals surface area contributed by atoms with Crippen LogP contribution in [0.15, 0.2) is 36.5 Å². The molecule has 1 aliphatic carbocycles. The fourth-order valence-corrected chi connectivity index (χ4v) is 4.28. The van der Waals surface area contributed by atoms with Gasteiger partial charge in [-0.25, -0.2) is 0 Å². The number of fused-ring (bicyclic) bond motifs is 1. The second-order valence-corrected chi connectivity index (χ2v) is 7.82. The summed E-state index contributed by atoms with van der Waals surface area (Å²) in [6.45, 7) is 1.71. The molecular formula is C22H27N3O. The second kappa shape index (κ2) is 7.20. The second-order valence-electron chi connectivity index (χ2n) is 7.82. The fourth-order valence-electron chi connectivity index (χ4n) is 4.28. The van der Waals surface area contributed by atoms with E-state index in [2.05, 4.69) is 48.2 Å². The first-order valence-corrected chi connectivity index (χ1v) is 9.64. The molecule has 1 aliphatic heterocycles. The van der Waals surface area contributed by atoms with Crippen molar-refractivity contribution >= 4 is 5.91 Å². The van der Waals surface area contributed by atoms with E-state index in [1.165, 1.54) is 23.1 Å². The van der Waals surface area contributed by atoms with Crippen molar-refractivity contribution in [3.05, 3.63) is 64.5 Å². The first kappa shape index (κ1) is 17.2. The highest BCUT2D eigenvalue weighted by atomic mass is 16.2.